The number of halogens is 3. The fraction of sp³-hybridized carbons (Fsp3) is 0.158. The first-order valence-electron chi connectivity index (χ1n) is 7.65. The van der Waals surface area contributed by atoms with Crippen molar-refractivity contribution >= 4 is 5.78 Å². The largest absolute Gasteiger partial charge is 0.403 e. The molecule has 3 nitrogen and oxygen atoms in total. The maximum Gasteiger partial charge on any atom is 0.403 e. The van der Waals surface area contributed by atoms with Crippen LogP contribution in [-0.4, -0.2) is 21.5 Å². The van der Waals surface area contributed by atoms with Gasteiger partial charge in [-0.2, -0.15) is 13.2 Å². The number of aromatic nitrogens is 2. The van der Waals surface area contributed by atoms with Crippen molar-refractivity contribution in [2.24, 2.45) is 0 Å². The van der Waals surface area contributed by atoms with Crippen LogP contribution in [0.1, 0.15) is 27.7 Å². The molecule has 0 fully saturated rings. The van der Waals surface area contributed by atoms with E-state index in [1.807, 2.05) is 19.1 Å². The Morgan fingerprint density at radius 3 is 2.32 bits per heavy atom. The summed E-state index contributed by atoms with van der Waals surface area (Å²) < 4.78 is 42.2. The van der Waals surface area contributed by atoms with Gasteiger partial charge in [-0.3, -0.25) is 9.36 Å². The highest BCUT2D eigenvalue weighted by molar-refractivity contribution is 5.99. The average Bonchev–Trinajstić information content (AvgIpc) is 3.04. The maximum absolute atomic E-state index is 13.6. The molecule has 1 unspecified atom stereocenters. The minimum absolute atomic E-state index is 0.0978. The highest BCUT2D eigenvalue weighted by atomic mass is 19.4. The molecule has 0 saturated carbocycles. The van der Waals surface area contributed by atoms with Crippen LogP contribution >= 0.6 is 0 Å². The molecule has 6 heteroatoms. The fourth-order valence-electron chi connectivity index (χ4n) is 2.78. The molecule has 3 rings (SSSR count). The Labute approximate surface area is 142 Å². The van der Waals surface area contributed by atoms with Gasteiger partial charge in [-0.1, -0.05) is 48.5 Å². The van der Waals surface area contributed by atoms with Gasteiger partial charge in [-0.05, 0) is 24.1 Å². The first-order valence-corrected chi connectivity index (χ1v) is 7.65. The Hall–Kier alpha value is -2.89. The summed E-state index contributed by atoms with van der Waals surface area (Å²) in [6, 6.07) is 14.3. The van der Waals surface area contributed by atoms with Gasteiger partial charge >= 0.3 is 6.18 Å². The van der Waals surface area contributed by atoms with Crippen molar-refractivity contribution in [3.05, 3.63) is 83.9 Å². The summed E-state index contributed by atoms with van der Waals surface area (Å²) in [7, 11) is 0. The lowest BCUT2D eigenvalue weighted by atomic mass is 9.93. The van der Waals surface area contributed by atoms with Gasteiger partial charge in [0.1, 0.15) is 5.92 Å². The molecule has 1 atom stereocenters. The van der Waals surface area contributed by atoms with Crippen LogP contribution in [0.5, 0.6) is 0 Å². The van der Waals surface area contributed by atoms with Crippen LogP contribution in [0.4, 0.5) is 13.2 Å². The molecule has 0 bridgehead atoms. The van der Waals surface area contributed by atoms with E-state index in [9.17, 15) is 18.0 Å². The van der Waals surface area contributed by atoms with Crippen LogP contribution in [0.2, 0.25) is 0 Å². The van der Waals surface area contributed by atoms with Crippen LogP contribution in [0, 0.1) is 6.92 Å². The van der Waals surface area contributed by atoms with Gasteiger partial charge in [0.05, 0.1) is 5.69 Å². The molecule has 3 aromatic rings. The van der Waals surface area contributed by atoms with Gasteiger partial charge < -0.3 is 0 Å². The molecular weight excluding hydrogens is 329 g/mol. The molecule has 0 radical (unpaired) electrons. The molecule has 128 valence electrons. The Balaban J connectivity index is 2.09. The minimum Gasteiger partial charge on any atom is -0.297 e. The smallest absolute Gasteiger partial charge is 0.297 e. The second kappa shape index (κ2) is 6.55. The van der Waals surface area contributed by atoms with Gasteiger partial charge in [0, 0.05) is 12.4 Å². The van der Waals surface area contributed by atoms with Gasteiger partial charge in [0.2, 0.25) is 5.78 Å². The van der Waals surface area contributed by atoms with E-state index >= 15 is 0 Å². The summed E-state index contributed by atoms with van der Waals surface area (Å²) in [5.41, 5.74) is 1.36. The third kappa shape index (κ3) is 3.33. The number of ketones is 1. The summed E-state index contributed by atoms with van der Waals surface area (Å²) in [4.78, 5) is 16.7. The number of alkyl halides is 3. The maximum atomic E-state index is 13.6. The number of para-hydroxylation sites is 1. The van der Waals surface area contributed by atoms with Crippen molar-refractivity contribution in [1.29, 1.82) is 0 Å². The Morgan fingerprint density at radius 1 is 1.04 bits per heavy atom. The van der Waals surface area contributed by atoms with E-state index in [0.717, 1.165) is 5.56 Å². The zero-order valence-corrected chi connectivity index (χ0v) is 13.4. The first kappa shape index (κ1) is 17.0. The SMILES string of the molecule is Cc1ccccc1-n1ccnc1C(=O)C(c1ccccc1)C(F)(F)F. The first-order chi connectivity index (χ1) is 11.9. The van der Waals surface area contributed by atoms with E-state index in [-0.39, 0.29) is 11.4 Å². The molecule has 1 heterocycles. The third-order valence-corrected chi connectivity index (χ3v) is 3.96. The lowest BCUT2D eigenvalue weighted by Gasteiger charge is -2.20. The third-order valence-electron chi connectivity index (χ3n) is 3.96. The predicted octanol–water partition coefficient (Wildman–Crippen LogP) is 4.71. The zero-order valence-electron chi connectivity index (χ0n) is 13.4. The molecule has 25 heavy (non-hydrogen) atoms. The van der Waals surface area contributed by atoms with Gasteiger partial charge in [-0.15, -0.1) is 0 Å². The standard InChI is InChI=1S/C19H15F3N2O/c1-13-7-5-6-10-15(13)24-12-11-23-18(24)17(25)16(19(20,21)22)14-8-3-2-4-9-14/h2-12,16H,1H3. The van der Waals surface area contributed by atoms with E-state index in [2.05, 4.69) is 4.98 Å². The Bertz CT molecular complexity index is 885. The zero-order chi connectivity index (χ0) is 18.0. The average molecular weight is 344 g/mol. The number of Topliss-reactive ketones (excluding diaryl/α,β-unsaturated/α-hetero) is 1. The fourth-order valence-corrected chi connectivity index (χ4v) is 2.78. The van der Waals surface area contributed by atoms with Crippen molar-refractivity contribution in [1.82, 2.24) is 9.55 Å². The van der Waals surface area contributed by atoms with Crippen molar-refractivity contribution in [2.45, 2.75) is 19.0 Å². The van der Waals surface area contributed by atoms with Gasteiger partial charge in [-0.25, -0.2) is 4.98 Å². The monoisotopic (exact) mass is 344 g/mol. The quantitative estimate of drug-likeness (QED) is 0.643. The summed E-state index contributed by atoms with van der Waals surface area (Å²) in [6.07, 6.45) is -1.88. The topological polar surface area (TPSA) is 34.9 Å². The highest BCUT2D eigenvalue weighted by Crippen LogP contribution is 2.37. The van der Waals surface area contributed by atoms with E-state index in [4.69, 9.17) is 0 Å². The van der Waals surface area contributed by atoms with Crippen LogP contribution in [0.15, 0.2) is 67.0 Å². The molecule has 2 aromatic carbocycles. The number of aryl methyl sites for hydroxylation is 1. The number of rotatable bonds is 4. The van der Waals surface area contributed by atoms with E-state index in [0.29, 0.717) is 5.69 Å². The van der Waals surface area contributed by atoms with Crippen LogP contribution < -0.4 is 0 Å². The number of nitrogens with zero attached hydrogens (tertiary/aromatic N) is 2. The number of hydrogen-bond acceptors (Lipinski definition) is 2. The van der Waals surface area contributed by atoms with E-state index < -0.39 is 17.9 Å². The molecule has 0 aliphatic rings. The lowest BCUT2D eigenvalue weighted by Crippen LogP contribution is -2.30. The molecule has 0 aliphatic heterocycles. The number of benzene rings is 2. The van der Waals surface area contributed by atoms with E-state index in [1.54, 1.807) is 18.2 Å². The number of carbonyl (C=O) groups is 1. The molecule has 0 aliphatic carbocycles. The Morgan fingerprint density at radius 2 is 1.68 bits per heavy atom. The minimum atomic E-state index is -4.71. The normalized spacial score (nSPS) is 12.8. The van der Waals surface area contributed by atoms with Gasteiger partial charge in [0.25, 0.3) is 0 Å². The number of carbonyl (C=O) groups excluding carboxylic acids is 1. The number of hydrogen-bond donors (Lipinski definition) is 0. The van der Waals surface area contributed by atoms with Crippen LogP contribution in [0.25, 0.3) is 5.69 Å². The van der Waals surface area contributed by atoms with Crippen molar-refractivity contribution in [2.75, 3.05) is 0 Å². The second-order valence-electron chi connectivity index (χ2n) is 5.66. The molecule has 0 amide bonds. The van der Waals surface area contributed by atoms with E-state index in [1.165, 1.54) is 41.2 Å². The summed E-state index contributed by atoms with van der Waals surface area (Å²) in [5.74, 6) is -3.56. The van der Waals surface area contributed by atoms with Crippen molar-refractivity contribution < 1.29 is 18.0 Å². The highest BCUT2D eigenvalue weighted by Gasteiger charge is 2.47. The predicted molar refractivity (Wildman–Crippen MR) is 87.9 cm³/mol. The summed E-state index contributed by atoms with van der Waals surface area (Å²) in [6.45, 7) is 1.82. The molecule has 0 spiro atoms. The molecule has 1 aromatic heterocycles. The summed E-state index contributed by atoms with van der Waals surface area (Å²) >= 11 is 0. The van der Waals surface area contributed by atoms with Crippen molar-refractivity contribution in [3.63, 3.8) is 0 Å². The molecule has 0 N–H and O–H groups in total. The van der Waals surface area contributed by atoms with Crippen LogP contribution in [-0.2, 0) is 0 Å². The number of imidazole rings is 1. The summed E-state index contributed by atoms with van der Waals surface area (Å²) in [5, 5.41) is 0. The molecule has 0 saturated heterocycles. The molecular formula is C19H15F3N2O. The van der Waals surface area contributed by atoms with Gasteiger partial charge in [0.15, 0.2) is 5.82 Å². The second-order valence-corrected chi connectivity index (χ2v) is 5.66. The van der Waals surface area contributed by atoms with Crippen LogP contribution in [0.3, 0.4) is 0 Å². The lowest BCUT2D eigenvalue weighted by molar-refractivity contribution is -0.139. The van der Waals surface area contributed by atoms with Crippen molar-refractivity contribution in [3.8, 4) is 5.69 Å². The Kier molecular flexibility index (Phi) is 4.44.